The minimum Gasteiger partial charge on any atom is -0.513 e. The molecule has 1 unspecified atom stereocenters. The molecule has 0 aromatic carbocycles. The second kappa shape index (κ2) is 6.41. The molecule has 1 N–H and O–H groups in total. The highest BCUT2D eigenvalue weighted by Gasteiger charge is 2.22. The van der Waals surface area contributed by atoms with E-state index in [0.717, 1.165) is 11.3 Å². The van der Waals surface area contributed by atoms with Crippen LogP contribution >= 0.6 is 0 Å². The van der Waals surface area contributed by atoms with E-state index in [0.29, 0.717) is 11.7 Å². The lowest BCUT2D eigenvalue weighted by atomic mass is 9.94. The van der Waals surface area contributed by atoms with Gasteiger partial charge >= 0.3 is 0 Å². The summed E-state index contributed by atoms with van der Waals surface area (Å²) in [6.07, 6.45) is 3.77. The van der Waals surface area contributed by atoms with Gasteiger partial charge in [0.1, 0.15) is 0 Å². The van der Waals surface area contributed by atoms with Crippen molar-refractivity contribution in [2.45, 2.75) is 40.7 Å². The third kappa shape index (κ3) is 3.76. The van der Waals surface area contributed by atoms with Gasteiger partial charge in [-0.25, -0.2) is 0 Å². The van der Waals surface area contributed by atoms with Crippen LogP contribution in [-0.4, -0.2) is 23.1 Å². The largest absolute Gasteiger partial charge is 0.513 e. The molecule has 92 valence electrons. The van der Waals surface area contributed by atoms with Crippen LogP contribution in [0.25, 0.3) is 0 Å². The van der Waals surface area contributed by atoms with Crippen LogP contribution in [-0.2, 0) is 0 Å². The topological polar surface area (TPSA) is 23.5 Å². The summed E-state index contributed by atoms with van der Waals surface area (Å²) in [6.45, 7) is 13.8. The van der Waals surface area contributed by atoms with Crippen molar-refractivity contribution in [3.63, 3.8) is 0 Å². The van der Waals surface area contributed by atoms with Gasteiger partial charge in [0.15, 0.2) is 0 Å². The minimum atomic E-state index is 0.223. The Kier molecular flexibility index (Phi) is 5.94. The predicted molar refractivity (Wildman–Crippen MR) is 71.3 cm³/mol. The zero-order chi connectivity index (χ0) is 12.9. The van der Waals surface area contributed by atoms with Crippen molar-refractivity contribution >= 4 is 0 Å². The molecule has 0 spiro atoms. The monoisotopic (exact) mass is 223 g/mol. The zero-order valence-corrected chi connectivity index (χ0v) is 11.4. The number of allylic oxidation sites excluding steroid dienone is 4. The van der Waals surface area contributed by atoms with E-state index in [9.17, 15) is 5.11 Å². The number of nitrogens with zero attached hydrogens (tertiary/aromatic N) is 1. The number of aliphatic hydroxyl groups excluding tert-OH is 1. The SMILES string of the molecule is C=C/C=C(/C)N(C)C(/C(C)=C(\C)O)C(C)C. The maximum Gasteiger partial charge on any atom is 0.0901 e. The number of likely N-dealkylation sites (N-methyl/N-ethyl adjacent to an activating group) is 1. The van der Waals surface area contributed by atoms with Gasteiger partial charge in [0.05, 0.1) is 11.8 Å². The Morgan fingerprint density at radius 2 is 1.75 bits per heavy atom. The fourth-order valence-corrected chi connectivity index (χ4v) is 1.96. The van der Waals surface area contributed by atoms with Crippen LogP contribution < -0.4 is 0 Å². The van der Waals surface area contributed by atoms with Crippen LogP contribution in [0.1, 0.15) is 34.6 Å². The molecule has 0 bridgehead atoms. The molecule has 0 fully saturated rings. The zero-order valence-electron chi connectivity index (χ0n) is 11.4. The van der Waals surface area contributed by atoms with Gasteiger partial charge in [-0.1, -0.05) is 26.5 Å². The Bertz CT molecular complexity index is 296. The molecule has 2 heteroatoms. The fraction of sp³-hybridized carbons (Fsp3) is 0.571. The molecule has 0 aromatic heterocycles. The first-order chi connectivity index (χ1) is 7.32. The van der Waals surface area contributed by atoms with Gasteiger partial charge in [0.25, 0.3) is 0 Å². The summed E-state index contributed by atoms with van der Waals surface area (Å²) in [6, 6.07) is 0.223. The van der Waals surface area contributed by atoms with Gasteiger partial charge in [-0.15, -0.1) is 0 Å². The van der Waals surface area contributed by atoms with E-state index in [1.165, 1.54) is 0 Å². The maximum absolute atomic E-state index is 9.61. The van der Waals surface area contributed by atoms with Crippen LogP contribution in [0.15, 0.2) is 35.8 Å². The smallest absolute Gasteiger partial charge is 0.0901 e. The van der Waals surface area contributed by atoms with Gasteiger partial charge in [-0.2, -0.15) is 0 Å². The molecule has 0 radical (unpaired) electrons. The molecular weight excluding hydrogens is 198 g/mol. The maximum atomic E-state index is 9.61. The lowest BCUT2D eigenvalue weighted by Gasteiger charge is -2.34. The van der Waals surface area contributed by atoms with Crippen molar-refractivity contribution < 1.29 is 5.11 Å². The molecule has 16 heavy (non-hydrogen) atoms. The average Bonchev–Trinajstić information content (AvgIpc) is 2.17. The van der Waals surface area contributed by atoms with Crippen molar-refractivity contribution in [1.29, 1.82) is 0 Å². The fourth-order valence-electron chi connectivity index (χ4n) is 1.96. The quantitative estimate of drug-likeness (QED) is 0.564. The Morgan fingerprint density at radius 1 is 1.25 bits per heavy atom. The summed E-state index contributed by atoms with van der Waals surface area (Å²) in [7, 11) is 2.05. The Balaban J connectivity index is 5.16. The van der Waals surface area contributed by atoms with E-state index >= 15 is 0 Å². The third-order valence-electron chi connectivity index (χ3n) is 2.98. The van der Waals surface area contributed by atoms with Gasteiger partial charge in [0.2, 0.25) is 0 Å². The third-order valence-corrected chi connectivity index (χ3v) is 2.98. The van der Waals surface area contributed by atoms with Crippen LogP contribution in [0.4, 0.5) is 0 Å². The van der Waals surface area contributed by atoms with Gasteiger partial charge < -0.3 is 10.0 Å². The highest BCUT2D eigenvalue weighted by atomic mass is 16.3. The van der Waals surface area contributed by atoms with E-state index < -0.39 is 0 Å². The summed E-state index contributed by atoms with van der Waals surface area (Å²) in [4.78, 5) is 2.18. The molecule has 0 aliphatic rings. The van der Waals surface area contributed by atoms with Crippen molar-refractivity contribution in [2.75, 3.05) is 7.05 Å². The molecule has 0 rings (SSSR count). The number of aliphatic hydroxyl groups is 1. The summed E-state index contributed by atoms with van der Waals surface area (Å²) < 4.78 is 0. The van der Waals surface area contributed by atoms with Crippen LogP contribution in [0.3, 0.4) is 0 Å². The van der Waals surface area contributed by atoms with Gasteiger partial charge in [-0.3, -0.25) is 0 Å². The lowest BCUT2D eigenvalue weighted by molar-refractivity contribution is 0.263. The number of rotatable bonds is 5. The summed E-state index contributed by atoms with van der Waals surface area (Å²) in [5, 5.41) is 9.61. The van der Waals surface area contributed by atoms with Crippen LogP contribution in [0.5, 0.6) is 0 Å². The standard InChI is InChI=1S/C14H25NO/c1-8-9-11(4)15(7)14(10(2)3)12(5)13(6)16/h8-10,14,16H,1H2,2-7H3/b11-9-,13-12+. The molecule has 0 aromatic rings. The Hall–Kier alpha value is -1.18. The predicted octanol–water partition coefficient (Wildman–Crippen LogP) is 3.88. The first-order valence-corrected chi connectivity index (χ1v) is 5.71. The van der Waals surface area contributed by atoms with Crippen LogP contribution in [0, 0.1) is 5.92 Å². The number of hydrogen-bond acceptors (Lipinski definition) is 2. The second-order valence-corrected chi connectivity index (χ2v) is 4.61. The summed E-state index contributed by atoms with van der Waals surface area (Å²) in [5.74, 6) is 0.859. The van der Waals surface area contributed by atoms with Gasteiger partial charge in [0, 0.05) is 12.7 Å². The van der Waals surface area contributed by atoms with Gasteiger partial charge in [-0.05, 0) is 38.3 Å². The van der Waals surface area contributed by atoms with Crippen molar-refractivity contribution in [3.05, 3.63) is 35.8 Å². The van der Waals surface area contributed by atoms with Crippen LogP contribution in [0.2, 0.25) is 0 Å². The molecular formula is C14H25NO. The Morgan fingerprint density at radius 3 is 2.06 bits per heavy atom. The number of hydrogen-bond donors (Lipinski definition) is 1. The molecule has 1 atom stereocenters. The first kappa shape index (κ1) is 14.8. The van der Waals surface area contributed by atoms with E-state index in [2.05, 4.69) is 32.3 Å². The van der Waals surface area contributed by atoms with Crippen molar-refractivity contribution in [1.82, 2.24) is 4.90 Å². The average molecular weight is 223 g/mol. The minimum absolute atomic E-state index is 0.223. The summed E-state index contributed by atoms with van der Waals surface area (Å²) >= 11 is 0. The molecule has 0 aliphatic carbocycles. The normalized spacial score (nSPS) is 15.8. The highest BCUT2D eigenvalue weighted by molar-refractivity contribution is 5.17. The molecule has 0 saturated carbocycles. The molecule has 0 aliphatic heterocycles. The molecule has 0 heterocycles. The summed E-state index contributed by atoms with van der Waals surface area (Å²) in [5.41, 5.74) is 2.17. The van der Waals surface area contributed by atoms with E-state index in [-0.39, 0.29) is 6.04 Å². The van der Waals surface area contributed by atoms with E-state index in [1.807, 2.05) is 20.0 Å². The highest BCUT2D eigenvalue weighted by Crippen LogP contribution is 2.23. The second-order valence-electron chi connectivity index (χ2n) is 4.61. The molecule has 0 saturated heterocycles. The van der Waals surface area contributed by atoms with E-state index in [1.54, 1.807) is 13.0 Å². The van der Waals surface area contributed by atoms with Crippen molar-refractivity contribution in [2.24, 2.45) is 5.92 Å². The first-order valence-electron chi connectivity index (χ1n) is 5.71. The lowest BCUT2D eigenvalue weighted by Crippen LogP contribution is -2.36. The molecule has 2 nitrogen and oxygen atoms in total. The van der Waals surface area contributed by atoms with Crippen molar-refractivity contribution in [3.8, 4) is 0 Å². The van der Waals surface area contributed by atoms with E-state index in [4.69, 9.17) is 0 Å². The molecule has 0 amide bonds. The Labute approximate surface area is 100.0 Å².